The summed E-state index contributed by atoms with van der Waals surface area (Å²) in [4.78, 5) is 26.6. The minimum Gasteiger partial charge on any atom is -0.490 e. The highest BCUT2D eigenvalue weighted by Crippen LogP contribution is 2.38. The Labute approximate surface area is 211 Å². The molecular weight excluding hydrogens is 515 g/mol. The fourth-order valence-corrected chi connectivity index (χ4v) is 4.19. The fourth-order valence-electron chi connectivity index (χ4n) is 3.61. The molecule has 0 saturated carbocycles. The van der Waals surface area contributed by atoms with Gasteiger partial charge in [-0.1, -0.05) is 42.0 Å². The highest BCUT2D eigenvalue weighted by atomic mass is 79.9. The number of nitrogens with zero attached hydrogens (tertiary/aromatic N) is 1. The molecule has 0 unspecified atom stereocenters. The van der Waals surface area contributed by atoms with E-state index < -0.39 is 11.9 Å². The van der Waals surface area contributed by atoms with Gasteiger partial charge in [-0.05, 0) is 76.8 Å². The molecule has 3 aromatic carbocycles. The van der Waals surface area contributed by atoms with Gasteiger partial charge in [0.25, 0.3) is 5.91 Å². The Bertz CT molecular complexity index is 1290. The first kappa shape index (κ1) is 24.5. The summed E-state index contributed by atoms with van der Waals surface area (Å²) < 4.78 is 25.7. The normalized spacial score (nSPS) is 14.4. The summed E-state index contributed by atoms with van der Waals surface area (Å²) in [5.41, 5.74) is 3.45. The number of rotatable bonds is 8. The lowest BCUT2D eigenvalue weighted by Gasteiger charge is -2.15. The number of nitrogens with one attached hydrogen (secondary N) is 1. The van der Waals surface area contributed by atoms with E-state index in [1.807, 2.05) is 38.1 Å². The van der Waals surface area contributed by atoms with Crippen LogP contribution in [0, 0.1) is 12.7 Å². The zero-order chi connectivity index (χ0) is 24.9. The first-order valence-electron chi connectivity index (χ1n) is 11.1. The zero-order valence-corrected chi connectivity index (χ0v) is 20.9. The SMILES string of the molecule is CCOc1cc(/C=C2/NC(=O)N(Cc3ccc(C)cc3)C2=O)cc(Br)c1OCc1cccc(F)c1. The Morgan fingerprint density at radius 1 is 1.03 bits per heavy atom. The van der Waals surface area contributed by atoms with E-state index in [1.165, 1.54) is 17.0 Å². The van der Waals surface area contributed by atoms with Gasteiger partial charge in [0, 0.05) is 0 Å². The van der Waals surface area contributed by atoms with Crippen molar-refractivity contribution in [2.45, 2.75) is 27.0 Å². The number of carbonyl (C=O) groups is 2. The zero-order valence-electron chi connectivity index (χ0n) is 19.3. The van der Waals surface area contributed by atoms with Gasteiger partial charge in [-0.2, -0.15) is 0 Å². The topological polar surface area (TPSA) is 67.9 Å². The first-order valence-corrected chi connectivity index (χ1v) is 11.9. The smallest absolute Gasteiger partial charge is 0.329 e. The van der Waals surface area contributed by atoms with Crippen molar-refractivity contribution in [3.63, 3.8) is 0 Å². The second kappa shape index (κ2) is 10.7. The Morgan fingerprint density at radius 2 is 1.80 bits per heavy atom. The van der Waals surface area contributed by atoms with E-state index in [-0.39, 0.29) is 24.7 Å². The molecule has 8 heteroatoms. The van der Waals surface area contributed by atoms with Crippen molar-refractivity contribution < 1.29 is 23.5 Å². The quantitative estimate of drug-likeness (QED) is 0.283. The number of ether oxygens (including phenoxy) is 2. The second-order valence-electron chi connectivity index (χ2n) is 8.05. The Morgan fingerprint density at radius 3 is 2.51 bits per heavy atom. The fraction of sp³-hybridized carbons (Fsp3) is 0.185. The van der Waals surface area contributed by atoms with Gasteiger partial charge in [-0.3, -0.25) is 9.69 Å². The molecule has 0 radical (unpaired) electrons. The summed E-state index contributed by atoms with van der Waals surface area (Å²) in [6.07, 6.45) is 1.60. The van der Waals surface area contributed by atoms with Gasteiger partial charge >= 0.3 is 6.03 Å². The van der Waals surface area contributed by atoms with Gasteiger partial charge in [-0.25, -0.2) is 9.18 Å². The molecule has 0 aliphatic carbocycles. The maximum atomic E-state index is 13.5. The van der Waals surface area contributed by atoms with Crippen LogP contribution in [0.25, 0.3) is 6.08 Å². The van der Waals surface area contributed by atoms with E-state index in [1.54, 1.807) is 30.3 Å². The number of carbonyl (C=O) groups excluding carboxylic acids is 2. The lowest BCUT2D eigenvalue weighted by molar-refractivity contribution is -0.123. The Kier molecular flexibility index (Phi) is 7.51. The number of amides is 3. The predicted molar refractivity (Wildman–Crippen MR) is 134 cm³/mol. The average Bonchev–Trinajstić information content (AvgIpc) is 3.07. The molecule has 35 heavy (non-hydrogen) atoms. The van der Waals surface area contributed by atoms with Crippen LogP contribution in [0.2, 0.25) is 0 Å². The van der Waals surface area contributed by atoms with Crippen molar-refractivity contribution in [3.05, 3.63) is 98.9 Å². The van der Waals surface area contributed by atoms with Crippen molar-refractivity contribution in [2.75, 3.05) is 6.61 Å². The van der Waals surface area contributed by atoms with E-state index in [0.29, 0.717) is 33.7 Å². The Balaban J connectivity index is 1.55. The summed E-state index contributed by atoms with van der Waals surface area (Å²) in [5, 5.41) is 2.65. The maximum Gasteiger partial charge on any atom is 0.329 e. The molecule has 180 valence electrons. The number of halogens is 2. The maximum absolute atomic E-state index is 13.5. The molecule has 4 rings (SSSR count). The van der Waals surface area contributed by atoms with Gasteiger partial charge in [0.15, 0.2) is 11.5 Å². The van der Waals surface area contributed by atoms with Crippen LogP contribution in [-0.2, 0) is 17.9 Å². The molecule has 3 aromatic rings. The largest absolute Gasteiger partial charge is 0.490 e. The van der Waals surface area contributed by atoms with Gasteiger partial charge in [0.05, 0.1) is 17.6 Å². The van der Waals surface area contributed by atoms with E-state index in [2.05, 4.69) is 21.2 Å². The third-order valence-corrected chi connectivity index (χ3v) is 5.93. The van der Waals surface area contributed by atoms with Gasteiger partial charge < -0.3 is 14.8 Å². The van der Waals surface area contributed by atoms with Crippen LogP contribution in [0.15, 0.2) is 70.8 Å². The number of aryl methyl sites for hydroxylation is 1. The second-order valence-corrected chi connectivity index (χ2v) is 8.90. The number of hydrogen-bond acceptors (Lipinski definition) is 4. The average molecular weight is 539 g/mol. The van der Waals surface area contributed by atoms with Crippen LogP contribution in [-0.4, -0.2) is 23.4 Å². The number of benzene rings is 3. The highest BCUT2D eigenvalue weighted by molar-refractivity contribution is 9.10. The van der Waals surface area contributed by atoms with E-state index >= 15 is 0 Å². The third kappa shape index (κ3) is 5.89. The molecule has 0 atom stereocenters. The monoisotopic (exact) mass is 538 g/mol. The molecule has 1 saturated heterocycles. The third-order valence-electron chi connectivity index (χ3n) is 5.34. The molecule has 1 N–H and O–H groups in total. The molecule has 6 nitrogen and oxygen atoms in total. The van der Waals surface area contributed by atoms with E-state index in [4.69, 9.17) is 9.47 Å². The standard InChI is InChI=1S/C27H24BrFN2O4/c1-3-34-24-14-20(12-22(28)25(24)35-16-19-5-4-6-21(29)11-19)13-23-26(32)31(27(33)30-23)15-18-9-7-17(2)8-10-18/h4-14H,3,15-16H2,1-2H3,(H,30,33)/b23-13+. The lowest BCUT2D eigenvalue weighted by atomic mass is 10.1. The predicted octanol–water partition coefficient (Wildman–Crippen LogP) is 5.97. The van der Waals surface area contributed by atoms with Crippen molar-refractivity contribution >= 4 is 33.9 Å². The van der Waals surface area contributed by atoms with Gasteiger partial charge in [0.1, 0.15) is 18.1 Å². The first-order chi connectivity index (χ1) is 16.8. The number of imide groups is 1. The summed E-state index contributed by atoms with van der Waals surface area (Å²) in [6, 6.07) is 16.9. The van der Waals surface area contributed by atoms with Crippen LogP contribution >= 0.6 is 15.9 Å². The van der Waals surface area contributed by atoms with Gasteiger partial charge in [-0.15, -0.1) is 0 Å². The molecule has 1 aliphatic heterocycles. The molecule has 0 bridgehead atoms. The number of hydrogen-bond donors (Lipinski definition) is 1. The van der Waals surface area contributed by atoms with Crippen LogP contribution in [0.3, 0.4) is 0 Å². The summed E-state index contributed by atoms with van der Waals surface area (Å²) in [6.45, 7) is 4.55. The molecule has 0 spiro atoms. The molecule has 3 amide bonds. The van der Waals surface area contributed by atoms with Crippen molar-refractivity contribution in [1.82, 2.24) is 10.2 Å². The minimum atomic E-state index is -0.471. The Hall–Kier alpha value is -3.65. The lowest BCUT2D eigenvalue weighted by Crippen LogP contribution is -2.30. The molecular formula is C27H24BrFN2O4. The van der Waals surface area contributed by atoms with Crippen molar-refractivity contribution in [2.24, 2.45) is 0 Å². The van der Waals surface area contributed by atoms with Crippen LogP contribution in [0.4, 0.5) is 9.18 Å². The number of urea groups is 1. The molecule has 0 aromatic heterocycles. The van der Waals surface area contributed by atoms with Crippen LogP contribution < -0.4 is 14.8 Å². The highest BCUT2D eigenvalue weighted by Gasteiger charge is 2.33. The minimum absolute atomic E-state index is 0.152. The van der Waals surface area contributed by atoms with E-state index in [9.17, 15) is 14.0 Å². The van der Waals surface area contributed by atoms with Crippen LogP contribution in [0.1, 0.15) is 29.2 Å². The summed E-state index contributed by atoms with van der Waals surface area (Å²) >= 11 is 3.50. The summed E-state index contributed by atoms with van der Waals surface area (Å²) in [7, 11) is 0. The summed E-state index contributed by atoms with van der Waals surface area (Å²) in [5.74, 6) is 0.174. The molecule has 1 fully saturated rings. The van der Waals surface area contributed by atoms with E-state index in [0.717, 1.165) is 11.1 Å². The van der Waals surface area contributed by atoms with Gasteiger partial charge in [0.2, 0.25) is 0 Å². The van der Waals surface area contributed by atoms with Crippen molar-refractivity contribution in [3.8, 4) is 11.5 Å². The van der Waals surface area contributed by atoms with Crippen LogP contribution in [0.5, 0.6) is 11.5 Å². The van der Waals surface area contributed by atoms with Crippen molar-refractivity contribution in [1.29, 1.82) is 0 Å². The molecule has 1 heterocycles. The molecule has 1 aliphatic rings.